The van der Waals surface area contributed by atoms with Gasteiger partial charge in [0.2, 0.25) is 0 Å². The van der Waals surface area contributed by atoms with Crippen LogP contribution in [0.4, 0.5) is 11.5 Å². The molecule has 0 radical (unpaired) electrons. The van der Waals surface area contributed by atoms with Crippen LogP contribution in [0.25, 0.3) is 0 Å². The van der Waals surface area contributed by atoms with Gasteiger partial charge in [-0.2, -0.15) is 0 Å². The number of hydrogen-bond acceptors (Lipinski definition) is 4. The number of phenolic OH excluding ortho intramolecular Hbond substituents is 1. The van der Waals surface area contributed by atoms with Crippen LogP contribution in [0.3, 0.4) is 0 Å². The van der Waals surface area contributed by atoms with Crippen LogP contribution in [-0.2, 0) is 0 Å². The number of nitrogens with zero attached hydrogens (tertiary/aromatic N) is 2. The lowest BCUT2D eigenvalue weighted by molar-refractivity contribution is -0.389. The van der Waals surface area contributed by atoms with Crippen LogP contribution in [0.2, 0.25) is 0 Å². The Labute approximate surface area is 114 Å². The minimum atomic E-state index is -0.596. The molecule has 1 aromatic heterocycles. The van der Waals surface area contributed by atoms with Crippen LogP contribution in [0.15, 0.2) is 36.4 Å². The molecule has 2 rings (SSSR count). The Kier molecular flexibility index (Phi) is 3.69. The van der Waals surface area contributed by atoms with Crippen LogP contribution in [0.1, 0.15) is 17.4 Å². The molecule has 7 nitrogen and oxygen atoms in total. The Balaban J connectivity index is 2.31. The van der Waals surface area contributed by atoms with Crippen molar-refractivity contribution in [2.75, 3.05) is 11.4 Å². The van der Waals surface area contributed by atoms with E-state index >= 15 is 0 Å². The molecule has 0 saturated heterocycles. The second-order valence-electron chi connectivity index (χ2n) is 4.08. The van der Waals surface area contributed by atoms with Gasteiger partial charge in [-0.25, -0.2) is 4.98 Å². The van der Waals surface area contributed by atoms with Crippen molar-refractivity contribution in [3.63, 3.8) is 0 Å². The van der Waals surface area contributed by atoms with E-state index in [2.05, 4.69) is 4.98 Å². The number of rotatable bonds is 4. The average Bonchev–Trinajstić information content (AvgIpc) is 2.89. The first-order valence-corrected chi connectivity index (χ1v) is 5.97. The van der Waals surface area contributed by atoms with Crippen molar-refractivity contribution in [2.24, 2.45) is 0 Å². The quantitative estimate of drug-likeness (QED) is 0.660. The Morgan fingerprint density at radius 3 is 2.70 bits per heavy atom. The fourth-order valence-corrected chi connectivity index (χ4v) is 1.86. The lowest BCUT2D eigenvalue weighted by Gasteiger charge is -2.19. The number of nitro groups is 1. The molecule has 7 heteroatoms. The number of hydrogen-bond donors (Lipinski definition) is 2. The van der Waals surface area contributed by atoms with Gasteiger partial charge < -0.3 is 20.1 Å². The molecule has 0 unspecified atom stereocenters. The number of carbonyl (C=O) groups is 1. The molecule has 0 aliphatic rings. The molecule has 0 saturated carbocycles. The third kappa shape index (κ3) is 2.61. The summed E-state index contributed by atoms with van der Waals surface area (Å²) in [6.07, 6.45) is 0. The largest absolute Gasteiger partial charge is 0.508 e. The van der Waals surface area contributed by atoms with Crippen molar-refractivity contribution >= 4 is 17.4 Å². The summed E-state index contributed by atoms with van der Waals surface area (Å²) in [4.78, 5) is 26.2. The molecule has 0 fully saturated rings. The van der Waals surface area contributed by atoms with Crippen molar-refractivity contribution in [1.82, 2.24) is 4.98 Å². The van der Waals surface area contributed by atoms with Gasteiger partial charge >= 0.3 is 5.82 Å². The Hall–Kier alpha value is -2.83. The number of phenols is 1. The van der Waals surface area contributed by atoms with Gasteiger partial charge in [0.05, 0.1) is 0 Å². The van der Waals surface area contributed by atoms with Crippen molar-refractivity contribution < 1.29 is 14.8 Å². The van der Waals surface area contributed by atoms with E-state index in [0.29, 0.717) is 12.2 Å². The number of aromatic nitrogens is 1. The molecular formula is C13H13N3O4. The predicted octanol–water partition coefficient (Wildman–Crippen LogP) is 2.30. The monoisotopic (exact) mass is 275 g/mol. The van der Waals surface area contributed by atoms with E-state index in [9.17, 15) is 20.0 Å². The third-order valence-corrected chi connectivity index (χ3v) is 2.80. The lowest BCUT2D eigenvalue weighted by atomic mass is 10.2. The van der Waals surface area contributed by atoms with E-state index in [1.54, 1.807) is 19.1 Å². The van der Waals surface area contributed by atoms with Gasteiger partial charge in [0.25, 0.3) is 5.91 Å². The van der Waals surface area contributed by atoms with Gasteiger partial charge in [-0.15, -0.1) is 0 Å². The molecule has 2 aromatic rings. The Morgan fingerprint density at radius 1 is 1.40 bits per heavy atom. The summed E-state index contributed by atoms with van der Waals surface area (Å²) in [6.45, 7) is 2.15. The maximum atomic E-state index is 12.3. The molecule has 1 amide bonds. The maximum Gasteiger partial charge on any atom is 0.321 e. The Bertz CT molecular complexity index is 651. The first kappa shape index (κ1) is 13.6. The molecule has 0 aliphatic heterocycles. The fraction of sp³-hybridized carbons (Fsp3) is 0.154. The molecule has 0 atom stereocenters. The number of H-pyrrole nitrogens is 1. The number of anilines is 1. The summed E-state index contributed by atoms with van der Waals surface area (Å²) in [5.74, 6) is -0.585. The lowest BCUT2D eigenvalue weighted by Crippen LogP contribution is -2.30. The maximum absolute atomic E-state index is 12.3. The van der Waals surface area contributed by atoms with Crippen LogP contribution in [0.5, 0.6) is 5.75 Å². The highest BCUT2D eigenvalue weighted by Crippen LogP contribution is 2.22. The standard InChI is InChI=1S/C13H13N3O4/c1-2-15(9-4-3-5-10(17)8-9)13(18)11-6-7-12(14-11)16(19)20/h3-8,14,17H,2H2,1H3. The van der Waals surface area contributed by atoms with Crippen LogP contribution < -0.4 is 4.90 Å². The predicted molar refractivity (Wildman–Crippen MR) is 72.9 cm³/mol. The minimum Gasteiger partial charge on any atom is -0.508 e. The highest BCUT2D eigenvalue weighted by Gasteiger charge is 2.22. The number of nitrogens with one attached hydrogen (secondary N) is 1. The van der Waals surface area contributed by atoms with Crippen LogP contribution in [-0.4, -0.2) is 27.5 Å². The van der Waals surface area contributed by atoms with Gasteiger partial charge in [-0.1, -0.05) is 6.07 Å². The zero-order valence-corrected chi connectivity index (χ0v) is 10.7. The SMILES string of the molecule is CCN(C(=O)c1ccc([N+](=O)[O-])[nH]1)c1cccc(O)c1. The minimum absolute atomic E-state index is 0.0474. The highest BCUT2D eigenvalue weighted by molar-refractivity contribution is 6.05. The smallest absolute Gasteiger partial charge is 0.321 e. The van der Waals surface area contributed by atoms with E-state index in [4.69, 9.17) is 0 Å². The molecule has 1 heterocycles. The van der Waals surface area contributed by atoms with Crippen molar-refractivity contribution in [1.29, 1.82) is 0 Å². The average molecular weight is 275 g/mol. The van der Waals surface area contributed by atoms with E-state index in [-0.39, 0.29) is 17.3 Å². The van der Waals surface area contributed by atoms with Gasteiger partial charge in [0.1, 0.15) is 5.75 Å². The van der Waals surface area contributed by atoms with Crippen molar-refractivity contribution in [3.8, 4) is 5.75 Å². The van der Waals surface area contributed by atoms with E-state index < -0.39 is 10.8 Å². The summed E-state index contributed by atoms with van der Waals surface area (Å²) >= 11 is 0. The number of amides is 1. The molecule has 2 N–H and O–H groups in total. The second-order valence-corrected chi connectivity index (χ2v) is 4.08. The van der Waals surface area contributed by atoms with Crippen LogP contribution in [0, 0.1) is 10.1 Å². The number of aromatic amines is 1. The molecule has 0 aliphatic carbocycles. The van der Waals surface area contributed by atoms with E-state index in [1.165, 1.54) is 29.2 Å². The second kappa shape index (κ2) is 5.43. The van der Waals surface area contributed by atoms with Crippen molar-refractivity contribution in [3.05, 3.63) is 52.2 Å². The topological polar surface area (TPSA) is 99.5 Å². The molecule has 0 bridgehead atoms. The summed E-state index contributed by atoms with van der Waals surface area (Å²) in [5, 5.41) is 20.1. The first-order chi connectivity index (χ1) is 9.52. The van der Waals surface area contributed by atoms with Gasteiger partial charge in [0, 0.05) is 24.4 Å². The summed E-state index contributed by atoms with van der Waals surface area (Å²) in [6, 6.07) is 8.87. The third-order valence-electron chi connectivity index (χ3n) is 2.80. The highest BCUT2D eigenvalue weighted by atomic mass is 16.6. The van der Waals surface area contributed by atoms with E-state index in [0.717, 1.165) is 0 Å². The zero-order valence-electron chi connectivity index (χ0n) is 10.7. The first-order valence-electron chi connectivity index (χ1n) is 5.97. The van der Waals surface area contributed by atoms with Gasteiger partial charge in [-0.3, -0.25) is 4.79 Å². The van der Waals surface area contributed by atoms with Crippen LogP contribution >= 0.6 is 0 Å². The number of benzene rings is 1. The molecular weight excluding hydrogens is 262 g/mol. The van der Waals surface area contributed by atoms with Gasteiger partial charge in [-0.05, 0) is 30.0 Å². The summed E-state index contributed by atoms with van der Waals surface area (Å²) in [5.41, 5.74) is 0.650. The molecule has 104 valence electrons. The number of carbonyl (C=O) groups excluding carboxylic acids is 1. The Morgan fingerprint density at radius 2 is 2.15 bits per heavy atom. The normalized spacial score (nSPS) is 10.2. The van der Waals surface area contributed by atoms with Gasteiger partial charge in [0.15, 0.2) is 5.69 Å². The summed E-state index contributed by atoms with van der Waals surface area (Å²) in [7, 11) is 0. The number of aromatic hydroxyl groups is 1. The molecule has 0 spiro atoms. The van der Waals surface area contributed by atoms with Crippen molar-refractivity contribution in [2.45, 2.75) is 6.92 Å². The molecule has 20 heavy (non-hydrogen) atoms. The fourth-order valence-electron chi connectivity index (χ4n) is 1.86. The van der Waals surface area contributed by atoms with E-state index in [1.807, 2.05) is 0 Å². The zero-order chi connectivity index (χ0) is 14.7. The summed E-state index contributed by atoms with van der Waals surface area (Å²) < 4.78 is 0. The molecule has 1 aromatic carbocycles.